The Balaban J connectivity index is 1.87. The molecule has 3 rings (SSSR count). The predicted octanol–water partition coefficient (Wildman–Crippen LogP) is 3.67. The van der Waals surface area contributed by atoms with Gasteiger partial charge in [-0.05, 0) is 35.2 Å². The van der Waals surface area contributed by atoms with Gasteiger partial charge >= 0.3 is 5.76 Å². The number of benzene rings is 2. The van der Waals surface area contributed by atoms with Crippen molar-refractivity contribution in [3.63, 3.8) is 0 Å². The van der Waals surface area contributed by atoms with Crippen molar-refractivity contribution >= 4 is 22.7 Å². The molecule has 1 heterocycles. The van der Waals surface area contributed by atoms with Crippen LogP contribution in [0.1, 0.15) is 36.7 Å². The third-order valence-electron chi connectivity index (χ3n) is 3.72. The Bertz CT molecular complexity index is 912. The number of aromatic amines is 1. The number of hydrogen-bond acceptors (Lipinski definition) is 3. The Morgan fingerprint density at radius 2 is 1.78 bits per heavy atom. The van der Waals surface area contributed by atoms with Crippen LogP contribution >= 0.6 is 0 Å². The van der Waals surface area contributed by atoms with Gasteiger partial charge in [-0.2, -0.15) is 0 Å². The number of amides is 1. The van der Waals surface area contributed by atoms with Gasteiger partial charge in [0.1, 0.15) is 5.52 Å². The van der Waals surface area contributed by atoms with Crippen molar-refractivity contribution in [1.82, 2.24) is 4.98 Å². The summed E-state index contributed by atoms with van der Waals surface area (Å²) >= 11 is 0. The number of fused-ring (bicyclic) bond motifs is 1. The van der Waals surface area contributed by atoms with Crippen molar-refractivity contribution in [2.45, 2.75) is 26.2 Å². The van der Waals surface area contributed by atoms with E-state index in [2.05, 4.69) is 31.1 Å². The summed E-state index contributed by atoms with van der Waals surface area (Å²) in [5.41, 5.74) is 3.17. The van der Waals surface area contributed by atoms with Gasteiger partial charge in [0.2, 0.25) is 0 Å². The molecule has 3 aromatic rings. The number of rotatable bonds is 2. The zero-order valence-corrected chi connectivity index (χ0v) is 13.3. The number of anilines is 1. The fourth-order valence-electron chi connectivity index (χ4n) is 2.39. The molecule has 0 fully saturated rings. The van der Waals surface area contributed by atoms with Crippen LogP contribution in [-0.2, 0) is 5.41 Å². The van der Waals surface area contributed by atoms with E-state index in [-0.39, 0.29) is 11.3 Å². The molecule has 1 amide bonds. The molecular weight excluding hydrogens is 292 g/mol. The Morgan fingerprint density at radius 3 is 2.43 bits per heavy atom. The standard InChI is InChI=1S/C18H18N2O3/c1-18(2,3)12-9-7-11(8-10-12)16(21)19-13-5-4-6-14-15(13)20-17(22)23-14/h4-10H,1-3H3,(H,19,21)(H,20,22). The first-order chi connectivity index (χ1) is 10.8. The van der Waals surface area contributed by atoms with Gasteiger partial charge in [0, 0.05) is 5.56 Å². The molecule has 0 aliphatic heterocycles. The number of oxazole rings is 1. The van der Waals surface area contributed by atoms with E-state index < -0.39 is 5.76 Å². The van der Waals surface area contributed by atoms with E-state index in [9.17, 15) is 9.59 Å². The van der Waals surface area contributed by atoms with E-state index in [1.165, 1.54) is 0 Å². The predicted molar refractivity (Wildman–Crippen MR) is 89.9 cm³/mol. The monoisotopic (exact) mass is 310 g/mol. The highest BCUT2D eigenvalue weighted by molar-refractivity contribution is 6.07. The molecule has 0 radical (unpaired) electrons. The lowest BCUT2D eigenvalue weighted by atomic mass is 9.87. The number of carbonyl (C=O) groups excluding carboxylic acids is 1. The molecule has 0 atom stereocenters. The molecule has 0 unspecified atom stereocenters. The molecule has 2 aromatic carbocycles. The molecule has 118 valence electrons. The fourth-order valence-corrected chi connectivity index (χ4v) is 2.39. The average molecular weight is 310 g/mol. The van der Waals surface area contributed by atoms with Crippen molar-refractivity contribution in [2.24, 2.45) is 0 Å². The molecule has 23 heavy (non-hydrogen) atoms. The summed E-state index contributed by atoms with van der Waals surface area (Å²) < 4.78 is 4.99. The van der Waals surface area contributed by atoms with Gasteiger partial charge in [-0.25, -0.2) is 4.79 Å². The minimum Gasteiger partial charge on any atom is -0.408 e. The molecule has 2 N–H and O–H groups in total. The highest BCUT2D eigenvalue weighted by Crippen LogP contribution is 2.23. The number of H-pyrrole nitrogens is 1. The number of para-hydroxylation sites is 1. The smallest absolute Gasteiger partial charge is 0.408 e. The van der Waals surface area contributed by atoms with Crippen molar-refractivity contribution in [1.29, 1.82) is 0 Å². The molecular formula is C18H18N2O3. The summed E-state index contributed by atoms with van der Waals surface area (Å²) in [6.45, 7) is 6.37. The molecule has 1 aromatic heterocycles. The molecule has 0 aliphatic carbocycles. The fraction of sp³-hybridized carbons (Fsp3) is 0.222. The van der Waals surface area contributed by atoms with Crippen LogP contribution in [0.2, 0.25) is 0 Å². The van der Waals surface area contributed by atoms with Crippen LogP contribution in [0.4, 0.5) is 5.69 Å². The maximum atomic E-state index is 12.4. The van der Waals surface area contributed by atoms with Crippen LogP contribution in [0.5, 0.6) is 0 Å². The Kier molecular flexibility index (Phi) is 3.56. The zero-order chi connectivity index (χ0) is 16.6. The SMILES string of the molecule is CC(C)(C)c1ccc(C(=O)Nc2cccc3oc(=O)[nH]c23)cc1. The van der Waals surface area contributed by atoms with Crippen LogP contribution in [0, 0.1) is 0 Å². The van der Waals surface area contributed by atoms with Crippen LogP contribution in [-0.4, -0.2) is 10.9 Å². The van der Waals surface area contributed by atoms with E-state index in [0.717, 1.165) is 5.56 Å². The van der Waals surface area contributed by atoms with Gasteiger partial charge in [0.05, 0.1) is 5.69 Å². The normalized spacial score (nSPS) is 11.6. The summed E-state index contributed by atoms with van der Waals surface area (Å²) in [7, 11) is 0. The van der Waals surface area contributed by atoms with Crippen molar-refractivity contribution in [3.05, 3.63) is 64.1 Å². The Labute approximate surface area is 133 Å². The lowest BCUT2D eigenvalue weighted by Crippen LogP contribution is -2.14. The van der Waals surface area contributed by atoms with Gasteiger partial charge in [0.15, 0.2) is 5.58 Å². The minimum atomic E-state index is -0.545. The van der Waals surface area contributed by atoms with Gasteiger partial charge < -0.3 is 9.73 Å². The van der Waals surface area contributed by atoms with Gasteiger partial charge in [-0.1, -0.05) is 39.0 Å². The summed E-state index contributed by atoms with van der Waals surface area (Å²) in [5, 5.41) is 2.80. The second kappa shape index (κ2) is 5.43. The van der Waals surface area contributed by atoms with E-state index in [0.29, 0.717) is 22.4 Å². The molecule has 0 spiro atoms. The third kappa shape index (κ3) is 3.04. The Morgan fingerprint density at radius 1 is 1.09 bits per heavy atom. The number of nitrogens with one attached hydrogen (secondary N) is 2. The molecule has 0 aliphatic rings. The first-order valence-corrected chi connectivity index (χ1v) is 7.38. The van der Waals surface area contributed by atoms with Crippen molar-refractivity contribution in [2.75, 3.05) is 5.32 Å². The average Bonchev–Trinajstić information content (AvgIpc) is 2.88. The van der Waals surface area contributed by atoms with Gasteiger partial charge in [-0.15, -0.1) is 0 Å². The molecule has 0 bridgehead atoms. The summed E-state index contributed by atoms with van der Waals surface area (Å²) in [6.07, 6.45) is 0. The van der Waals surface area contributed by atoms with E-state index in [1.807, 2.05) is 12.1 Å². The second-order valence-corrected chi connectivity index (χ2v) is 6.47. The molecule has 0 saturated heterocycles. The van der Waals surface area contributed by atoms with Crippen LogP contribution in [0.25, 0.3) is 11.1 Å². The van der Waals surface area contributed by atoms with E-state index >= 15 is 0 Å². The van der Waals surface area contributed by atoms with Crippen molar-refractivity contribution < 1.29 is 9.21 Å². The van der Waals surface area contributed by atoms with E-state index in [1.54, 1.807) is 30.3 Å². The zero-order valence-electron chi connectivity index (χ0n) is 13.3. The maximum Gasteiger partial charge on any atom is 0.417 e. The number of aromatic nitrogens is 1. The lowest BCUT2D eigenvalue weighted by molar-refractivity contribution is 0.102. The molecule has 0 saturated carbocycles. The molecule has 5 heteroatoms. The largest absolute Gasteiger partial charge is 0.417 e. The van der Waals surface area contributed by atoms with E-state index in [4.69, 9.17) is 4.42 Å². The molecule has 5 nitrogen and oxygen atoms in total. The number of hydrogen-bond donors (Lipinski definition) is 2. The van der Waals surface area contributed by atoms with Crippen molar-refractivity contribution in [3.8, 4) is 0 Å². The maximum absolute atomic E-state index is 12.4. The van der Waals surface area contributed by atoms with Crippen LogP contribution in [0.3, 0.4) is 0 Å². The lowest BCUT2D eigenvalue weighted by Gasteiger charge is -2.19. The number of carbonyl (C=O) groups is 1. The Hall–Kier alpha value is -2.82. The summed E-state index contributed by atoms with van der Waals surface area (Å²) in [5.74, 6) is -0.781. The summed E-state index contributed by atoms with van der Waals surface area (Å²) in [4.78, 5) is 26.3. The quantitative estimate of drug-likeness (QED) is 0.758. The highest BCUT2D eigenvalue weighted by atomic mass is 16.4. The highest BCUT2D eigenvalue weighted by Gasteiger charge is 2.15. The van der Waals surface area contributed by atoms with Gasteiger partial charge in [-0.3, -0.25) is 9.78 Å². The second-order valence-electron chi connectivity index (χ2n) is 6.47. The first kappa shape index (κ1) is 15.1. The topological polar surface area (TPSA) is 75.1 Å². The third-order valence-corrected chi connectivity index (χ3v) is 3.72. The van der Waals surface area contributed by atoms with Crippen LogP contribution < -0.4 is 11.1 Å². The minimum absolute atomic E-state index is 0.0386. The first-order valence-electron chi connectivity index (χ1n) is 7.38. The van der Waals surface area contributed by atoms with Gasteiger partial charge in [0.25, 0.3) is 5.91 Å². The summed E-state index contributed by atoms with van der Waals surface area (Å²) in [6, 6.07) is 12.6. The van der Waals surface area contributed by atoms with Crippen LogP contribution in [0.15, 0.2) is 51.7 Å².